The van der Waals surface area contributed by atoms with E-state index in [1.54, 1.807) is 11.1 Å². The molecule has 6 fully saturated rings. The van der Waals surface area contributed by atoms with Gasteiger partial charge in [0.05, 0.1) is 6.10 Å². The van der Waals surface area contributed by atoms with Crippen LogP contribution in [-0.2, 0) is 9.59 Å². The molecule has 5 nitrogen and oxygen atoms in total. The summed E-state index contributed by atoms with van der Waals surface area (Å²) in [6.07, 6.45) is 27.9. The van der Waals surface area contributed by atoms with Crippen molar-refractivity contribution in [3.8, 4) is 0 Å². The van der Waals surface area contributed by atoms with Gasteiger partial charge in [-0.3, -0.25) is 9.59 Å². The van der Waals surface area contributed by atoms with Crippen LogP contribution in [0.3, 0.4) is 0 Å². The average molecular weight is 797 g/mol. The lowest BCUT2D eigenvalue weighted by Gasteiger charge is -2.58. The first-order valence-electron chi connectivity index (χ1n) is 23.0. The van der Waals surface area contributed by atoms with Gasteiger partial charge in [0.25, 0.3) is 0 Å². The fourth-order valence-electron chi connectivity index (χ4n) is 16.5. The van der Waals surface area contributed by atoms with Crippen molar-refractivity contribution < 1.29 is 24.9 Å². The molecule has 8 aliphatic rings. The van der Waals surface area contributed by atoms with E-state index >= 15 is 0 Å². The van der Waals surface area contributed by atoms with Gasteiger partial charge in [-0.15, -0.1) is 0 Å². The third kappa shape index (κ3) is 8.01. The zero-order valence-corrected chi connectivity index (χ0v) is 36.9. The number of hydrogen-bond acceptors (Lipinski definition) is 3. The van der Waals surface area contributed by atoms with Crippen molar-refractivity contribution in [3.05, 3.63) is 23.3 Å². The summed E-state index contributed by atoms with van der Waals surface area (Å²) in [6, 6.07) is 0. The molecule has 0 aliphatic heterocycles. The number of aliphatic hydroxyl groups excluding tert-OH is 1. The highest BCUT2D eigenvalue weighted by atomic mass is 32.1. The maximum Gasteiger partial charge on any atom is 0.303 e. The van der Waals surface area contributed by atoms with Crippen LogP contribution in [0, 0.1) is 86.8 Å². The zero-order chi connectivity index (χ0) is 38.8. The molecule has 0 spiro atoms. The highest BCUT2D eigenvalue weighted by molar-refractivity contribution is 7.59. The SMILES string of the molecule is C.C[C@H](CCC(=O)O)[C@H]1CC[C@H]2[C@@H]3CC=C4C[C@@H](O)CC[C@]4(C)[C@H]3CC[C@]12C.C[C@H]1CC[C@@]2(C)C(=CC[C@H]3[C@@H]4CC[C@H]([C@H](C)CCC(=O)O)[C@@]4(C)CC[C@@H]32)C1.S. The molecule has 0 aromatic heterocycles. The predicted octanol–water partition coefficient (Wildman–Crippen LogP) is 12.9. The van der Waals surface area contributed by atoms with Gasteiger partial charge in [0.1, 0.15) is 0 Å². The van der Waals surface area contributed by atoms with Crippen LogP contribution in [0.5, 0.6) is 0 Å². The molecule has 0 aromatic rings. The van der Waals surface area contributed by atoms with Crippen molar-refractivity contribution in [2.75, 3.05) is 0 Å². The molecular formula is C50H84O5S. The summed E-state index contributed by atoms with van der Waals surface area (Å²) >= 11 is 0. The van der Waals surface area contributed by atoms with Gasteiger partial charge in [0.15, 0.2) is 0 Å². The van der Waals surface area contributed by atoms with E-state index in [-0.39, 0.29) is 27.0 Å². The van der Waals surface area contributed by atoms with E-state index in [1.165, 1.54) is 83.5 Å². The van der Waals surface area contributed by atoms with Gasteiger partial charge in [0.2, 0.25) is 0 Å². The van der Waals surface area contributed by atoms with Crippen molar-refractivity contribution in [1.29, 1.82) is 0 Å². The minimum atomic E-state index is -0.650. The number of carboxylic acid groups (broad SMARTS) is 2. The number of rotatable bonds is 8. The summed E-state index contributed by atoms with van der Waals surface area (Å²) in [6.45, 7) is 17.3. The standard InChI is InChI=1S/C25H40O2.C24H38O3.CH4.H2S/c1-16-11-13-24(3)18(15-16)6-7-19-21-9-8-20(17(2)5-10-23(26)27)25(21,4)14-12-22(19)24;1-15(4-9-22(26)27)19-7-8-20-18-6-5-16-14-17(25)10-12-23(16,2)21(18)11-13-24(19,20)3;;/h6,16-17,19-22H,5,7-15H2,1-4H3,(H,26,27);5,15,17-21,25H,4,6-14H2,1-3H3,(H,26,27);1H4;1H2/t16-,17+,19-,20+,21-,22-,24-,25+;15-,17+,18+,19-,20+,21+,23+,24-;;/m01../s1. The normalized spacial score (nSPS) is 45.7. The number of carboxylic acids is 2. The van der Waals surface area contributed by atoms with Crippen molar-refractivity contribution in [2.24, 2.45) is 86.8 Å². The van der Waals surface area contributed by atoms with Crippen LogP contribution in [0.15, 0.2) is 23.3 Å². The highest BCUT2D eigenvalue weighted by Crippen LogP contribution is 2.69. The molecule has 6 saturated carbocycles. The third-order valence-electron chi connectivity index (χ3n) is 19.6. The van der Waals surface area contributed by atoms with E-state index in [0.717, 1.165) is 79.4 Å². The van der Waals surface area contributed by atoms with Gasteiger partial charge in [-0.25, -0.2) is 0 Å². The minimum Gasteiger partial charge on any atom is -0.481 e. The molecule has 0 saturated heterocycles. The van der Waals surface area contributed by atoms with Crippen LogP contribution in [0.25, 0.3) is 0 Å². The first-order chi connectivity index (χ1) is 25.5. The number of carbonyl (C=O) groups is 2. The second-order valence-electron chi connectivity index (χ2n) is 22.0. The fraction of sp³-hybridized carbons (Fsp3) is 0.880. The minimum absolute atomic E-state index is 0. The third-order valence-corrected chi connectivity index (χ3v) is 19.6. The lowest BCUT2D eigenvalue weighted by atomic mass is 9.46. The van der Waals surface area contributed by atoms with Crippen LogP contribution in [0.1, 0.15) is 184 Å². The molecular weight excluding hydrogens is 713 g/mol. The summed E-state index contributed by atoms with van der Waals surface area (Å²) < 4.78 is 0. The Labute approximate surface area is 349 Å². The average Bonchev–Trinajstić information content (AvgIpc) is 3.67. The van der Waals surface area contributed by atoms with Gasteiger partial charge in [0, 0.05) is 12.8 Å². The topological polar surface area (TPSA) is 94.8 Å². The number of allylic oxidation sites excluding steroid dienone is 3. The fourth-order valence-corrected chi connectivity index (χ4v) is 16.5. The molecule has 8 aliphatic carbocycles. The van der Waals surface area contributed by atoms with Gasteiger partial charge < -0.3 is 15.3 Å². The van der Waals surface area contributed by atoms with E-state index in [4.69, 9.17) is 10.2 Å². The molecule has 16 atom stereocenters. The maximum atomic E-state index is 11.1. The molecule has 0 radical (unpaired) electrons. The molecule has 0 bridgehead atoms. The summed E-state index contributed by atoms with van der Waals surface area (Å²) in [5, 5.41) is 28.3. The monoisotopic (exact) mass is 797 g/mol. The summed E-state index contributed by atoms with van der Waals surface area (Å²) in [4.78, 5) is 22.1. The van der Waals surface area contributed by atoms with Gasteiger partial charge >= 0.3 is 11.9 Å². The van der Waals surface area contributed by atoms with E-state index in [9.17, 15) is 14.7 Å². The van der Waals surface area contributed by atoms with Crippen LogP contribution in [0.2, 0.25) is 0 Å². The Kier molecular flexibility index (Phi) is 14.2. The predicted molar refractivity (Wildman–Crippen MR) is 235 cm³/mol. The van der Waals surface area contributed by atoms with Gasteiger partial charge in [-0.05, 0) is 202 Å². The summed E-state index contributed by atoms with van der Waals surface area (Å²) in [5.41, 5.74) is 4.99. The molecule has 0 heterocycles. The molecule has 320 valence electrons. The quantitative estimate of drug-likeness (QED) is 0.213. The van der Waals surface area contributed by atoms with Crippen LogP contribution >= 0.6 is 13.5 Å². The van der Waals surface area contributed by atoms with Crippen molar-refractivity contribution in [1.82, 2.24) is 0 Å². The van der Waals surface area contributed by atoms with Gasteiger partial charge in [-0.2, -0.15) is 13.5 Å². The largest absolute Gasteiger partial charge is 0.481 e. The van der Waals surface area contributed by atoms with Gasteiger partial charge in [-0.1, -0.05) is 79.2 Å². The summed E-state index contributed by atoms with van der Waals surface area (Å²) in [7, 11) is 0. The molecule has 0 amide bonds. The van der Waals surface area contributed by atoms with E-state index < -0.39 is 11.9 Å². The van der Waals surface area contributed by atoms with Crippen LogP contribution in [0.4, 0.5) is 0 Å². The zero-order valence-electron chi connectivity index (χ0n) is 35.9. The Balaban J connectivity index is 0.000000207. The Morgan fingerprint density at radius 3 is 1.52 bits per heavy atom. The Morgan fingerprint density at radius 2 is 1.07 bits per heavy atom. The lowest BCUT2D eigenvalue weighted by Crippen LogP contribution is -2.50. The number of fused-ring (bicyclic) bond motifs is 10. The molecule has 0 unspecified atom stereocenters. The number of aliphatic carboxylic acids is 2. The van der Waals surface area contributed by atoms with Crippen LogP contribution < -0.4 is 0 Å². The summed E-state index contributed by atoms with van der Waals surface area (Å²) in [5.74, 6) is 7.10. The van der Waals surface area contributed by atoms with Crippen molar-refractivity contribution in [3.63, 3.8) is 0 Å². The second-order valence-corrected chi connectivity index (χ2v) is 22.0. The first-order valence-corrected chi connectivity index (χ1v) is 23.0. The molecule has 0 aromatic carbocycles. The highest BCUT2D eigenvalue weighted by Gasteiger charge is 2.60. The van der Waals surface area contributed by atoms with E-state index in [0.29, 0.717) is 52.3 Å². The molecule has 56 heavy (non-hydrogen) atoms. The van der Waals surface area contributed by atoms with Crippen LogP contribution in [-0.4, -0.2) is 33.4 Å². The van der Waals surface area contributed by atoms with E-state index in [2.05, 4.69) is 60.6 Å². The Hall–Kier alpha value is -1.27. The first kappa shape index (κ1) is 45.8. The van der Waals surface area contributed by atoms with Crippen molar-refractivity contribution >= 4 is 25.4 Å². The number of hydrogen-bond donors (Lipinski definition) is 3. The van der Waals surface area contributed by atoms with E-state index in [1.807, 2.05) is 0 Å². The maximum absolute atomic E-state index is 11.1. The molecule has 3 N–H and O–H groups in total. The Bertz CT molecular complexity index is 1360. The smallest absolute Gasteiger partial charge is 0.303 e. The van der Waals surface area contributed by atoms with Crippen molar-refractivity contribution in [2.45, 2.75) is 190 Å². The Morgan fingerprint density at radius 1 is 0.643 bits per heavy atom. The molecule has 8 rings (SSSR count). The molecule has 6 heteroatoms. The number of aliphatic hydroxyl groups is 1. The lowest BCUT2D eigenvalue weighted by molar-refractivity contribution is -0.138. The second kappa shape index (κ2) is 17.4.